The van der Waals surface area contributed by atoms with Crippen LogP contribution in [-0.2, 0) is 56.8 Å². The SMILES string of the molecule is COC1(CCC(C)COC2OC(CO)C(O)C(O)C2O)OC2CC3C4CC=C5CC(OC6OC(CO)C(OC7OC(COC8OC(CO)C(O)C(O)C8O)C(O)C7O)C(O)C6OC6OC(C)C(O)C(O)C6O)CCC5(C)C4CCC3(C)C2C1C. The van der Waals surface area contributed by atoms with Crippen molar-refractivity contribution in [1.29, 1.82) is 0 Å². The predicted octanol–water partition coefficient (Wildman–Crippen LogP) is -3.89. The van der Waals surface area contributed by atoms with E-state index in [-0.39, 0.29) is 41.3 Å². The summed E-state index contributed by atoms with van der Waals surface area (Å²) in [7, 11) is 1.71. The Hall–Kier alpha value is -1.34. The van der Waals surface area contributed by atoms with Crippen molar-refractivity contribution in [3.05, 3.63) is 11.6 Å². The molecule has 84 heavy (non-hydrogen) atoms. The molecule has 0 bridgehead atoms. The van der Waals surface area contributed by atoms with Gasteiger partial charge in [-0.3, -0.25) is 0 Å². The second-order valence-electron chi connectivity index (χ2n) is 26.4. The highest BCUT2D eigenvalue weighted by atomic mass is 16.8. The zero-order valence-electron chi connectivity index (χ0n) is 48.6. The van der Waals surface area contributed by atoms with E-state index in [4.69, 9.17) is 56.8 Å². The lowest BCUT2D eigenvalue weighted by Crippen LogP contribution is -2.65. The summed E-state index contributed by atoms with van der Waals surface area (Å²) >= 11 is 0. The van der Waals surface area contributed by atoms with Crippen LogP contribution < -0.4 is 0 Å². The van der Waals surface area contributed by atoms with Gasteiger partial charge in [-0.25, -0.2) is 0 Å². The average molecular weight is 1210 g/mol. The summed E-state index contributed by atoms with van der Waals surface area (Å²) in [5.41, 5.74) is 1.07. The molecule has 6 saturated heterocycles. The van der Waals surface area contributed by atoms with Crippen molar-refractivity contribution >= 4 is 0 Å². The van der Waals surface area contributed by atoms with E-state index in [0.29, 0.717) is 43.4 Å². The largest absolute Gasteiger partial charge is 0.394 e. The molecule has 27 heteroatoms. The predicted molar refractivity (Wildman–Crippen MR) is 282 cm³/mol. The molecule has 0 aromatic heterocycles. The summed E-state index contributed by atoms with van der Waals surface area (Å²) in [5.74, 6) is 0.669. The van der Waals surface area contributed by atoms with Crippen molar-refractivity contribution in [2.24, 2.45) is 46.3 Å². The van der Waals surface area contributed by atoms with Gasteiger partial charge in [-0.05, 0) is 98.7 Å². The Morgan fingerprint density at radius 3 is 1.79 bits per heavy atom. The van der Waals surface area contributed by atoms with E-state index >= 15 is 0 Å². The van der Waals surface area contributed by atoms with Crippen LogP contribution in [0.15, 0.2) is 11.6 Å². The van der Waals surface area contributed by atoms with Crippen molar-refractivity contribution in [3.8, 4) is 0 Å². The normalized spacial score (nSPS) is 54.3. The van der Waals surface area contributed by atoms with Gasteiger partial charge in [-0.1, -0.05) is 39.3 Å². The fraction of sp³-hybridized carbons (Fsp3) is 0.965. The number of hydrogen-bond acceptors (Lipinski definition) is 27. The van der Waals surface area contributed by atoms with Gasteiger partial charge in [0.25, 0.3) is 0 Å². The number of rotatable bonds is 19. The van der Waals surface area contributed by atoms with Gasteiger partial charge in [-0.15, -0.1) is 0 Å². The lowest BCUT2D eigenvalue weighted by atomic mass is 9.47. The third-order valence-corrected chi connectivity index (χ3v) is 21.6. The van der Waals surface area contributed by atoms with E-state index in [0.717, 1.165) is 32.1 Å². The molecule has 6 aliphatic heterocycles. The third-order valence-electron chi connectivity index (χ3n) is 21.6. The van der Waals surface area contributed by atoms with Crippen LogP contribution in [0.2, 0.25) is 0 Å². The summed E-state index contributed by atoms with van der Waals surface area (Å²) in [4.78, 5) is 0. The number of aliphatic hydroxyl groups excluding tert-OH is 15. The van der Waals surface area contributed by atoms with E-state index in [9.17, 15) is 76.6 Å². The Labute approximate surface area is 488 Å². The summed E-state index contributed by atoms with van der Waals surface area (Å²) in [5, 5.41) is 159. The average Bonchev–Trinajstić information content (AvgIpc) is 1.51. The monoisotopic (exact) mass is 1210 g/mol. The Balaban J connectivity index is 0.785. The first-order chi connectivity index (χ1) is 39.8. The second kappa shape index (κ2) is 26.1. The quantitative estimate of drug-likeness (QED) is 0.0550. The molecule has 0 spiro atoms. The molecule has 0 amide bonds. The molecular formula is C57H94O27. The minimum atomic E-state index is -1.80. The molecule has 10 aliphatic rings. The molecule has 0 aromatic carbocycles. The molecule has 10 rings (SSSR count). The summed E-state index contributed by atoms with van der Waals surface area (Å²) in [6.45, 7) is 8.13. The van der Waals surface area contributed by atoms with Gasteiger partial charge in [0.15, 0.2) is 37.2 Å². The van der Waals surface area contributed by atoms with Crippen LogP contribution in [0, 0.1) is 46.3 Å². The highest BCUT2D eigenvalue weighted by Crippen LogP contribution is 2.70. The third kappa shape index (κ3) is 11.9. The maximum absolute atomic E-state index is 12.3. The zero-order valence-corrected chi connectivity index (χ0v) is 48.6. The standard InChI is InChI=1S/C57H94O27/c1-22(20-74-50-44(69)41(66)37(62)31(17-58)78-50)9-14-57(73-6)23(2)35-30(84-57)16-29-27-8-7-25-15-26(10-12-55(25,4)28(27)11-13-56(29,35)5)77-54-49(83-52-46(71)40(65)36(61)24(3)76-52)47(72)48(33(19-60)80-54)82-53-43(68)39(64)34(81-53)21-75-51-45(70)42(67)38(63)32(18-59)79-51/h7,22-24,26-54,58-72H,8-21H2,1-6H3. The van der Waals surface area contributed by atoms with Crippen LogP contribution in [0.1, 0.15) is 92.4 Å². The number of aliphatic hydroxyl groups is 15. The minimum Gasteiger partial charge on any atom is -0.394 e. The second-order valence-corrected chi connectivity index (χ2v) is 26.4. The Kier molecular flexibility index (Phi) is 20.4. The Morgan fingerprint density at radius 2 is 1.14 bits per heavy atom. The maximum atomic E-state index is 12.3. The number of allylic oxidation sites excluding steroid dienone is 1. The molecule has 0 aromatic rings. The molecule has 15 N–H and O–H groups in total. The van der Waals surface area contributed by atoms with E-state index in [1.165, 1.54) is 12.5 Å². The van der Waals surface area contributed by atoms with Crippen LogP contribution in [0.4, 0.5) is 0 Å². The van der Waals surface area contributed by atoms with Gasteiger partial charge in [0, 0.05) is 19.4 Å². The Morgan fingerprint density at radius 1 is 0.583 bits per heavy atom. The first kappa shape index (κ1) is 65.6. The van der Waals surface area contributed by atoms with Crippen molar-refractivity contribution in [2.75, 3.05) is 40.1 Å². The van der Waals surface area contributed by atoms with Gasteiger partial charge in [0.1, 0.15) is 110 Å². The molecule has 27 nitrogen and oxygen atoms in total. The fourth-order valence-electron chi connectivity index (χ4n) is 16.5. The lowest BCUT2D eigenvalue weighted by Gasteiger charge is -2.58. The number of methoxy groups -OCH3 is 1. The Bertz CT molecular complexity index is 2200. The molecule has 9 fully saturated rings. The van der Waals surface area contributed by atoms with Crippen molar-refractivity contribution in [1.82, 2.24) is 0 Å². The highest BCUT2D eigenvalue weighted by molar-refractivity contribution is 5.26. The molecule has 0 radical (unpaired) electrons. The number of ether oxygens (including phenoxy) is 12. The topological polar surface area (TPSA) is 414 Å². The van der Waals surface area contributed by atoms with E-state index in [1.807, 2.05) is 6.92 Å². The zero-order chi connectivity index (χ0) is 60.6. The molecule has 35 atom stereocenters. The van der Waals surface area contributed by atoms with Crippen LogP contribution in [0.5, 0.6) is 0 Å². The fourth-order valence-corrected chi connectivity index (χ4v) is 16.5. The summed E-state index contributed by atoms with van der Waals surface area (Å²) < 4.78 is 72.8. The lowest BCUT2D eigenvalue weighted by molar-refractivity contribution is -0.380. The summed E-state index contributed by atoms with van der Waals surface area (Å²) in [6.07, 6.45) is -27.9. The van der Waals surface area contributed by atoms with Gasteiger partial charge < -0.3 is 133 Å². The molecule has 3 saturated carbocycles. The summed E-state index contributed by atoms with van der Waals surface area (Å²) in [6, 6.07) is 0. The molecule has 6 heterocycles. The minimum absolute atomic E-state index is 0.00545. The van der Waals surface area contributed by atoms with Gasteiger partial charge >= 0.3 is 0 Å². The van der Waals surface area contributed by atoms with Crippen molar-refractivity contribution in [2.45, 2.75) is 258 Å². The van der Waals surface area contributed by atoms with Crippen LogP contribution in [0.3, 0.4) is 0 Å². The number of hydrogen-bond donors (Lipinski definition) is 15. The molecular weight excluding hydrogens is 1120 g/mol. The van der Waals surface area contributed by atoms with Crippen LogP contribution in [-0.4, -0.2) is 282 Å². The highest BCUT2D eigenvalue weighted by Gasteiger charge is 2.69. The van der Waals surface area contributed by atoms with E-state index in [1.54, 1.807) is 7.11 Å². The molecule has 484 valence electrons. The maximum Gasteiger partial charge on any atom is 0.187 e. The van der Waals surface area contributed by atoms with Crippen molar-refractivity contribution in [3.63, 3.8) is 0 Å². The van der Waals surface area contributed by atoms with Crippen molar-refractivity contribution < 1.29 is 133 Å². The smallest absolute Gasteiger partial charge is 0.187 e. The van der Waals surface area contributed by atoms with Crippen LogP contribution in [0.25, 0.3) is 0 Å². The molecule has 35 unspecified atom stereocenters. The van der Waals surface area contributed by atoms with Gasteiger partial charge in [-0.2, -0.15) is 0 Å². The molecule has 4 aliphatic carbocycles. The first-order valence-electron chi connectivity index (χ1n) is 30.2. The van der Waals surface area contributed by atoms with Gasteiger partial charge in [0.2, 0.25) is 0 Å². The van der Waals surface area contributed by atoms with E-state index < -0.39 is 186 Å². The van der Waals surface area contributed by atoms with Gasteiger partial charge in [0.05, 0.1) is 51.3 Å². The van der Waals surface area contributed by atoms with E-state index in [2.05, 4.69) is 26.8 Å². The number of fused-ring (bicyclic) bond motifs is 7. The first-order valence-corrected chi connectivity index (χ1v) is 30.2. The van der Waals surface area contributed by atoms with Crippen LogP contribution >= 0.6 is 0 Å².